The standard InChI is InChI=1S/C17H20N4O2S/c1-6-21-14-13(23-5)8-7-10(2)15(14)24-17(21)18-16(22)12-9-11(3)20(4)19-12/h7-9H,6H2,1-5H3. The van der Waals surface area contributed by atoms with Crippen LogP contribution >= 0.6 is 11.3 Å². The zero-order valence-electron chi connectivity index (χ0n) is 14.5. The number of thiazole rings is 1. The van der Waals surface area contributed by atoms with Crippen molar-refractivity contribution >= 4 is 27.5 Å². The second kappa shape index (κ2) is 6.24. The summed E-state index contributed by atoms with van der Waals surface area (Å²) >= 11 is 1.50. The van der Waals surface area contributed by atoms with Gasteiger partial charge in [0.1, 0.15) is 11.3 Å². The van der Waals surface area contributed by atoms with Gasteiger partial charge in [-0.1, -0.05) is 17.4 Å². The Balaban J connectivity index is 2.22. The number of carbonyl (C=O) groups is 1. The molecule has 0 N–H and O–H groups in total. The van der Waals surface area contributed by atoms with E-state index >= 15 is 0 Å². The Morgan fingerprint density at radius 3 is 2.71 bits per heavy atom. The van der Waals surface area contributed by atoms with Crippen LogP contribution in [0.2, 0.25) is 0 Å². The van der Waals surface area contributed by atoms with Crippen LogP contribution in [-0.4, -0.2) is 27.4 Å². The molecule has 7 heteroatoms. The van der Waals surface area contributed by atoms with Crippen LogP contribution in [0.3, 0.4) is 0 Å². The van der Waals surface area contributed by atoms with E-state index < -0.39 is 0 Å². The molecule has 0 atom stereocenters. The lowest BCUT2D eigenvalue weighted by Gasteiger charge is -2.07. The molecular weight excluding hydrogens is 324 g/mol. The molecule has 126 valence electrons. The third kappa shape index (κ3) is 2.65. The summed E-state index contributed by atoms with van der Waals surface area (Å²) in [6.07, 6.45) is 0. The van der Waals surface area contributed by atoms with Gasteiger partial charge in [0.05, 0.1) is 11.8 Å². The first-order valence-electron chi connectivity index (χ1n) is 7.72. The summed E-state index contributed by atoms with van der Waals surface area (Å²) in [4.78, 5) is 17.5. The van der Waals surface area contributed by atoms with E-state index in [1.54, 1.807) is 17.9 Å². The van der Waals surface area contributed by atoms with Gasteiger partial charge in [-0.2, -0.15) is 10.1 Å². The number of hydrogen-bond donors (Lipinski definition) is 0. The van der Waals surface area contributed by atoms with E-state index in [1.165, 1.54) is 11.3 Å². The van der Waals surface area contributed by atoms with Crippen LogP contribution in [0.4, 0.5) is 0 Å². The number of aromatic nitrogens is 3. The van der Waals surface area contributed by atoms with E-state index in [2.05, 4.69) is 10.1 Å². The molecule has 0 aliphatic carbocycles. The SMILES string of the molecule is CCn1c(=NC(=O)c2cc(C)n(C)n2)sc2c(C)ccc(OC)c21. The number of carbonyl (C=O) groups excluding carboxylic acids is 1. The monoisotopic (exact) mass is 344 g/mol. The first kappa shape index (κ1) is 16.4. The third-order valence-corrected chi connectivity index (χ3v) is 5.27. The Labute approximate surface area is 144 Å². The van der Waals surface area contributed by atoms with Crippen LogP contribution in [0.25, 0.3) is 10.2 Å². The highest BCUT2D eigenvalue weighted by Gasteiger charge is 2.15. The predicted molar refractivity (Wildman–Crippen MR) is 94.6 cm³/mol. The molecule has 0 bridgehead atoms. The van der Waals surface area contributed by atoms with E-state index in [0.717, 1.165) is 27.2 Å². The molecular formula is C17H20N4O2S. The third-order valence-electron chi connectivity index (χ3n) is 4.05. The Morgan fingerprint density at radius 2 is 2.12 bits per heavy atom. The number of rotatable bonds is 3. The fraction of sp³-hybridized carbons (Fsp3) is 0.353. The summed E-state index contributed by atoms with van der Waals surface area (Å²) in [6, 6.07) is 5.72. The fourth-order valence-corrected chi connectivity index (χ4v) is 3.81. The van der Waals surface area contributed by atoms with Crippen molar-refractivity contribution in [2.75, 3.05) is 7.11 Å². The Hall–Kier alpha value is -2.41. The molecule has 1 amide bonds. The minimum Gasteiger partial charge on any atom is -0.495 e. The maximum atomic E-state index is 12.5. The van der Waals surface area contributed by atoms with E-state index in [1.807, 2.05) is 44.5 Å². The topological polar surface area (TPSA) is 61.4 Å². The highest BCUT2D eigenvalue weighted by atomic mass is 32.1. The summed E-state index contributed by atoms with van der Waals surface area (Å²) in [7, 11) is 3.46. The predicted octanol–water partition coefficient (Wildman–Crippen LogP) is 2.82. The van der Waals surface area contributed by atoms with Crippen molar-refractivity contribution in [2.45, 2.75) is 27.3 Å². The number of hydrogen-bond acceptors (Lipinski definition) is 4. The van der Waals surface area contributed by atoms with Gasteiger partial charge in [0.25, 0.3) is 5.91 Å². The molecule has 0 spiro atoms. The van der Waals surface area contributed by atoms with Crippen molar-refractivity contribution in [3.05, 3.63) is 40.0 Å². The van der Waals surface area contributed by atoms with Crippen LogP contribution in [0.15, 0.2) is 23.2 Å². The molecule has 0 aliphatic heterocycles. The average molecular weight is 344 g/mol. The highest BCUT2D eigenvalue weighted by Crippen LogP contribution is 2.30. The van der Waals surface area contributed by atoms with Gasteiger partial charge in [-0.15, -0.1) is 0 Å². The van der Waals surface area contributed by atoms with Crippen molar-refractivity contribution in [1.82, 2.24) is 14.3 Å². The lowest BCUT2D eigenvalue weighted by Crippen LogP contribution is -2.16. The van der Waals surface area contributed by atoms with E-state index in [4.69, 9.17) is 4.74 Å². The van der Waals surface area contributed by atoms with Gasteiger partial charge < -0.3 is 9.30 Å². The van der Waals surface area contributed by atoms with Gasteiger partial charge in [-0.25, -0.2) is 0 Å². The molecule has 0 fully saturated rings. The van der Waals surface area contributed by atoms with Crippen LogP contribution in [0.1, 0.15) is 28.7 Å². The van der Waals surface area contributed by atoms with Crippen molar-refractivity contribution in [2.24, 2.45) is 12.0 Å². The highest BCUT2D eigenvalue weighted by molar-refractivity contribution is 7.16. The largest absolute Gasteiger partial charge is 0.495 e. The van der Waals surface area contributed by atoms with Crippen LogP contribution in [0, 0.1) is 13.8 Å². The zero-order valence-corrected chi connectivity index (χ0v) is 15.3. The molecule has 3 aromatic rings. The molecule has 3 rings (SSSR count). The smallest absolute Gasteiger partial charge is 0.300 e. The van der Waals surface area contributed by atoms with Crippen LogP contribution < -0.4 is 9.54 Å². The van der Waals surface area contributed by atoms with Crippen molar-refractivity contribution in [3.8, 4) is 5.75 Å². The Bertz CT molecular complexity index is 975. The first-order chi connectivity index (χ1) is 11.5. The van der Waals surface area contributed by atoms with Gasteiger partial charge >= 0.3 is 0 Å². The van der Waals surface area contributed by atoms with Gasteiger partial charge in [-0.05, 0) is 38.5 Å². The molecule has 0 unspecified atom stereocenters. The van der Waals surface area contributed by atoms with Gasteiger partial charge in [-0.3, -0.25) is 9.48 Å². The maximum absolute atomic E-state index is 12.5. The molecule has 2 aromatic heterocycles. The van der Waals surface area contributed by atoms with Crippen molar-refractivity contribution < 1.29 is 9.53 Å². The lowest BCUT2D eigenvalue weighted by molar-refractivity contribution is 0.0992. The zero-order chi connectivity index (χ0) is 17.4. The number of fused-ring (bicyclic) bond motifs is 1. The summed E-state index contributed by atoms with van der Waals surface area (Å²) in [5.74, 6) is 0.459. The van der Waals surface area contributed by atoms with Gasteiger partial charge in [0.15, 0.2) is 10.5 Å². The lowest BCUT2D eigenvalue weighted by atomic mass is 10.2. The van der Waals surface area contributed by atoms with Crippen molar-refractivity contribution in [1.29, 1.82) is 0 Å². The van der Waals surface area contributed by atoms with Crippen LogP contribution in [0.5, 0.6) is 5.75 Å². The molecule has 0 saturated carbocycles. The molecule has 0 radical (unpaired) electrons. The average Bonchev–Trinajstić information content (AvgIpc) is 3.09. The number of ether oxygens (including phenoxy) is 1. The van der Waals surface area contributed by atoms with Crippen molar-refractivity contribution in [3.63, 3.8) is 0 Å². The molecule has 0 aliphatic rings. The Morgan fingerprint density at radius 1 is 1.38 bits per heavy atom. The van der Waals surface area contributed by atoms with E-state index in [9.17, 15) is 4.79 Å². The summed E-state index contributed by atoms with van der Waals surface area (Å²) in [6.45, 7) is 6.69. The molecule has 2 heterocycles. The molecule has 1 aromatic carbocycles. The van der Waals surface area contributed by atoms with Crippen LogP contribution in [-0.2, 0) is 13.6 Å². The Kier molecular flexibility index (Phi) is 4.28. The summed E-state index contributed by atoms with van der Waals surface area (Å²) in [5, 5.41) is 4.21. The number of aryl methyl sites for hydroxylation is 4. The maximum Gasteiger partial charge on any atom is 0.300 e. The van der Waals surface area contributed by atoms with E-state index in [0.29, 0.717) is 17.0 Å². The normalized spacial score (nSPS) is 12.1. The summed E-state index contributed by atoms with van der Waals surface area (Å²) < 4.78 is 10.3. The number of methoxy groups -OCH3 is 1. The molecule has 6 nitrogen and oxygen atoms in total. The number of amides is 1. The second-order valence-electron chi connectivity index (χ2n) is 5.60. The minimum absolute atomic E-state index is 0.330. The fourth-order valence-electron chi connectivity index (χ4n) is 2.63. The quantitative estimate of drug-likeness (QED) is 0.734. The van der Waals surface area contributed by atoms with Gasteiger partial charge in [0.2, 0.25) is 0 Å². The molecule has 24 heavy (non-hydrogen) atoms. The minimum atomic E-state index is -0.330. The van der Waals surface area contributed by atoms with E-state index in [-0.39, 0.29) is 5.91 Å². The summed E-state index contributed by atoms with van der Waals surface area (Å²) in [5.41, 5.74) is 3.40. The second-order valence-corrected chi connectivity index (χ2v) is 6.58. The number of benzene rings is 1. The number of nitrogens with zero attached hydrogens (tertiary/aromatic N) is 4. The first-order valence-corrected chi connectivity index (χ1v) is 8.54. The van der Waals surface area contributed by atoms with Gasteiger partial charge in [0, 0.05) is 19.3 Å². The molecule has 0 saturated heterocycles.